The third-order valence-electron chi connectivity index (χ3n) is 4.83. The Morgan fingerprint density at radius 3 is 2.67 bits per heavy atom. The number of carbonyl (C=O) groups is 1. The summed E-state index contributed by atoms with van der Waals surface area (Å²) < 4.78 is 2.11. The van der Waals surface area contributed by atoms with Crippen LogP contribution in [0, 0.1) is 0 Å². The highest BCUT2D eigenvalue weighted by Crippen LogP contribution is 2.19. The van der Waals surface area contributed by atoms with E-state index in [0.29, 0.717) is 11.4 Å². The van der Waals surface area contributed by atoms with Gasteiger partial charge in [-0.2, -0.15) is 5.10 Å². The van der Waals surface area contributed by atoms with Gasteiger partial charge in [0.2, 0.25) is 0 Å². The van der Waals surface area contributed by atoms with E-state index in [1.54, 1.807) is 18.3 Å². The van der Waals surface area contributed by atoms with Crippen molar-refractivity contribution < 1.29 is 4.79 Å². The van der Waals surface area contributed by atoms with Crippen LogP contribution in [0.3, 0.4) is 0 Å². The Morgan fingerprint density at radius 2 is 1.96 bits per heavy atom. The van der Waals surface area contributed by atoms with E-state index >= 15 is 0 Å². The van der Waals surface area contributed by atoms with Crippen molar-refractivity contribution in [3.8, 4) is 0 Å². The number of piperazine rings is 1. The highest BCUT2D eigenvalue weighted by Gasteiger charge is 2.22. The lowest BCUT2D eigenvalue weighted by Gasteiger charge is -2.35. The van der Waals surface area contributed by atoms with Crippen molar-refractivity contribution in [3.63, 3.8) is 0 Å². The predicted octanol–water partition coefficient (Wildman–Crippen LogP) is 0.646. The van der Waals surface area contributed by atoms with Crippen LogP contribution in [0.4, 0.5) is 5.82 Å². The van der Waals surface area contributed by atoms with E-state index in [1.165, 1.54) is 5.69 Å². The zero-order valence-corrected chi connectivity index (χ0v) is 16.6. The summed E-state index contributed by atoms with van der Waals surface area (Å²) in [5.74, 6) is 0.265. The van der Waals surface area contributed by atoms with Crippen LogP contribution in [0.1, 0.15) is 21.7 Å². The molecule has 4 rings (SSSR count). The minimum atomic E-state index is -0.428. The summed E-state index contributed by atoms with van der Waals surface area (Å²) in [5, 5.41) is 8.08. The molecule has 0 aromatic carbocycles. The highest BCUT2D eigenvalue weighted by molar-refractivity contribution is 5.97. The summed E-state index contributed by atoms with van der Waals surface area (Å²) in [5.41, 5.74) is 8.35. The van der Waals surface area contributed by atoms with Gasteiger partial charge >= 0.3 is 0 Å². The molecule has 1 fully saturated rings. The summed E-state index contributed by atoms with van der Waals surface area (Å²) in [7, 11) is 0. The van der Waals surface area contributed by atoms with Crippen LogP contribution in [-0.2, 0) is 19.6 Å². The Kier molecular flexibility index (Phi) is 7.43. The molecule has 2 aliphatic rings. The minimum absolute atomic E-state index is 0. The molecule has 0 atom stereocenters. The van der Waals surface area contributed by atoms with Gasteiger partial charge in [-0.1, -0.05) is 0 Å². The van der Waals surface area contributed by atoms with Gasteiger partial charge in [0.05, 0.1) is 23.5 Å². The number of nitrogens with zero attached hydrogens (tertiary/aromatic N) is 5. The van der Waals surface area contributed by atoms with E-state index in [2.05, 4.69) is 30.8 Å². The summed E-state index contributed by atoms with van der Waals surface area (Å²) in [6.45, 7) is 7.16. The second-order valence-corrected chi connectivity index (χ2v) is 6.53. The molecule has 148 valence electrons. The van der Waals surface area contributed by atoms with Crippen LogP contribution >= 0.6 is 24.8 Å². The molecule has 4 heterocycles. The number of amides is 1. The molecule has 1 saturated heterocycles. The van der Waals surface area contributed by atoms with Gasteiger partial charge in [0.1, 0.15) is 5.82 Å². The van der Waals surface area contributed by atoms with E-state index in [0.717, 1.165) is 58.1 Å². The Balaban J connectivity index is 0.00000131. The van der Waals surface area contributed by atoms with Gasteiger partial charge in [-0.05, 0) is 18.2 Å². The Hall–Kier alpha value is -1.87. The zero-order chi connectivity index (χ0) is 17.2. The average Bonchev–Trinajstić information content (AvgIpc) is 3.04. The van der Waals surface area contributed by atoms with Crippen molar-refractivity contribution in [3.05, 3.63) is 41.3 Å². The van der Waals surface area contributed by atoms with Gasteiger partial charge < -0.3 is 16.0 Å². The highest BCUT2D eigenvalue weighted by atomic mass is 35.5. The molecular weight excluding hydrogens is 389 g/mol. The molecule has 3 N–H and O–H groups in total. The number of nitrogens with one attached hydrogen (secondary N) is 1. The molecule has 8 nitrogen and oxygen atoms in total. The fourth-order valence-electron chi connectivity index (χ4n) is 3.52. The molecule has 2 aliphatic heterocycles. The molecule has 0 saturated carbocycles. The molecule has 2 aromatic heterocycles. The fourth-order valence-corrected chi connectivity index (χ4v) is 3.52. The maximum Gasteiger partial charge on any atom is 0.252 e. The lowest BCUT2D eigenvalue weighted by atomic mass is 10.2. The second kappa shape index (κ2) is 9.36. The fraction of sp³-hybridized carbons (Fsp3) is 0.471. The van der Waals surface area contributed by atoms with E-state index < -0.39 is 5.91 Å². The van der Waals surface area contributed by atoms with Crippen molar-refractivity contribution >= 4 is 36.5 Å². The Labute approximate surface area is 170 Å². The third-order valence-corrected chi connectivity index (χ3v) is 4.83. The van der Waals surface area contributed by atoms with Gasteiger partial charge in [-0.25, -0.2) is 4.98 Å². The normalized spacial score (nSPS) is 16.8. The quantitative estimate of drug-likeness (QED) is 0.763. The Bertz CT molecular complexity index is 751. The van der Waals surface area contributed by atoms with E-state index in [-0.39, 0.29) is 24.8 Å². The summed E-state index contributed by atoms with van der Waals surface area (Å²) in [6, 6.07) is 5.68. The van der Waals surface area contributed by atoms with Crippen LogP contribution in [0.15, 0.2) is 24.4 Å². The molecular formula is C17H25Cl2N7O. The van der Waals surface area contributed by atoms with Crippen LogP contribution in [0.2, 0.25) is 0 Å². The molecule has 27 heavy (non-hydrogen) atoms. The number of carbonyl (C=O) groups excluding carboxylic acids is 1. The van der Waals surface area contributed by atoms with Crippen molar-refractivity contribution in [1.29, 1.82) is 0 Å². The number of primary amides is 1. The topological polar surface area (TPSA) is 92.3 Å². The van der Waals surface area contributed by atoms with Crippen LogP contribution in [0.25, 0.3) is 0 Å². The second-order valence-electron chi connectivity index (χ2n) is 6.53. The first-order valence-corrected chi connectivity index (χ1v) is 8.69. The van der Waals surface area contributed by atoms with Gasteiger partial charge in [-0.15, -0.1) is 24.8 Å². The molecule has 1 amide bonds. The monoisotopic (exact) mass is 413 g/mol. The molecule has 0 spiro atoms. The number of aromatic nitrogens is 3. The number of anilines is 1. The predicted molar refractivity (Wildman–Crippen MR) is 109 cm³/mol. The summed E-state index contributed by atoms with van der Waals surface area (Å²) in [6.07, 6.45) is 1.71. The Morgan fingerprint density at radius 1 is 1.19 bits per heavy atom. The van der Waals surface area contributed by atoms with Crippen molar-refractivity contribution in [2.75, 3.05) is 37.6 Å². The number of halogens is 2. The van der Waals surface area contributed by atoms with Crippen molar-refractivity contribution in [2.45, 2.75) is 19.6 Å². The van der Waals surface area contributed by atoms with Crippen LogP contribution < -0.4 is 16.0 Å². The lowest BCUT2D eigenvalue weighted by molar-refractivity contribution is 0.1000. The number of pyridine rings is 1. The standard InChI is InChI=1S/C17H23N7O.2ClH/c18-16(25)15-2-1-3-20-17(15)23-8-6-22(7-9-23)12-13-10-14-11-19-4-5-24(14)21-13;;/h1-3,10,19H,4-9,11-12H2,(H2,18,25);2*1H. The van der Waals surface area contributed by atoms with Gasteiger partial charge in [0.15, 0.2) is 0 Å². The molecule has 10 heteroatoms. The van der Waals surface area contributed by atoms with Gasteiger partial charge in [-0.3, -0.25) is 14.4 Å². The summed E-state index contributed by atoms with van der Waals surface area (Å²) >= 11 is 0. The first-order chi connectivity index (χ1) is 12.2. The lowest BCUT2D eigenvalue weighted by Crippen LogP contribution is -2.46. The number of hydrogen-bond acceptors (Lipinski definition) is 6. The first-order valence-electron chi connectivity index (χ1n) is 8.69. The zero-order valence-electron chi connectivity index (χ0n) is 15.0. The maximum absolute atomic E-state index is 11.6. The van der Waals surface area contributed by atoms with Crippen molar-refractivity contribution in [1.82, 2.24) is 25.0 Å². The number of fused-ring (bicyclic) bond motifs is 1. The van der Waals surface area contributed by atoms with E-state index in [4.69, 9.17) is 10.8 Å². The number of hydrogen-bond donors (Lipinski definition) is 2. The van der Waals surface area contributed by atoms with Gasteiger partial charge in [0.25, 0.3) is 5.91 Å². The van der Waals surface area contributed by atoms with E-state index in [1.807, 2.05) is 0 Å². The SMILES string of the molecule is Cl.Cl.NC(=O)c1cccnc1N1CCN(Cc2cc3n(n2)CCNC3)CC1. The molecule has 2 aromatic rings. The number of rotatable bonds is 4. The third kappa shape index (κ3) is 4.70. The average molecular weight is 414 g/mol. The molecule has 0 bridgehead atoms. The maximum atomic E-state index is 11.6. The van der Waals surface area contributed by atoms with E-state index in [9.17, 15) is 4.79 Å². The first kappa shape index (κ1) is 21.4. The van der Waals surface area contributed by atoms with Crippen LogP contribution in [-0.4, -0.2) is 58.3 Å². The minimum Gasteiger partial charge on any atom is -0.365 e. The molecule has 0 aliphatic carbocycles. The molecule has 0 radical (unpaired) electrons. The van der Waals surface area contributed by atoms with Gasteiger partial charge in [0, 0.05) is 52.0 Å². The van der Waals surface area contributed by atoms with Crippen molar-refractivity contribution in [2.24, 2.45) is 5.73 Å². The molecule has 0 unspecified atom stereocenters. The largest absolute Gasteiger partial charge is 0.365 e. The van der Waals surface area contributed by atoms with Crippen LogP contribution in [0.5, 0.6) is 0 Å². The smallest absolute Gasteiger partial charge is 0.252 e. The summed E-state index contributed by atoms with van der Waals surface area (Å²) in [4.78, 5) is 20.5. The number of nitrogens with two attached hydrogens (primary N) is 1.